The van der Waals surface area contributed by atoms with Gasteiger partial charge in [0.1, 0.15) is 11.6 Å². The fraction of sp³-hybridized carbons (Fsp3) is 0.120. The Kier molecular flexibility index (Phi) is 6.44. The first kappa shape index (κ1) is 23.8. The second kappa shape index (κ2) is 9.47. The van der Waals surface area contributed by atoms with Crippen molar-refractivity contribution in [2.24, 2.45) is 0 Å². The molecule has 1 aliphatic heterocycles. The van der Waals surface area contributed by atoms with E-state index >= 15 is 0 Å². The maximum Gasteiger partial charge on any atom is 0.287 e. The number of benzene rings is 3. The molecule has 4 rings (SSSR count). The van der Waals surface area contributed by atoms with Gasteiger partial charge in [0, 0.05) is 22.2 Å². The standard InChI is InChI=1S/C25H18ClN3O6/c1-2-19(22(30)15-7-4-3-5-8-15)27(23(31)16-11-13-17(26)14-12-16)28-24(32)18-9-6-10-20(29(34)35)21(18)25(28)33/h3-14,19H,2H2,1H3/t19-/m0/s1. The highest BCUT2D eigenvalue weighted by atomic mass is 35.5. The zero-order valence-electron chi connectivity index (χ0n) is 18.4. The van der Waals surface area contributed by atoms with Crippen LogP contribution in [0.25, 0.3) is 0 Å². The number of nitro groups is 1. The van der Waals surface area contributed by atoms with Crippen LogP contribution in [-0.2, 0) is 0 Å². The Bertz CT molecular complexity index is 1360. The minimum atomic E-state index is -1.25. The molecule has 3 aromatic carbocycles. The molecule has 1 atom stereocenters. The summed E-state index contributed by atoms with van der Waals surface area (Å²) in [6, 6.07) is 16.3. The molecule has 0 bridgehead atoms. The Morgan fingerprint density at radius 2 is 1.60 bits per heavy atom. The monoisotopic (exact) mass is 491 g/mol. The summed E-state index contributed by atoms with van der Waals surface area (Å²) >= 11 is 5.94. The summed E-state index contributed by atoms with van der Waals surface area (Å²) in [7, 11) is 0. The minimum Gasteiger partial charge on any atom is -0.292 e. The van der Waals surface area contributed by atoms with E-state index in [2.05, 4.69) is 0 Å². The number of nitrogens with zero attached hydrogens (tertiary/aromatic N) is 3. The lowest BCUT2D eigenvalue weighted by molar-refractivity contribution is -0.385. The molecule has 0 aliphatic carbocycles. The number of amides is 3. The van der Waals surface area contributed by atoms with Crippen molar-refractivity contribution in [3.63, 3.8) is 0 Å². The van der Waals surface area contributed by atoms with E-state index in [1.54, 1.807) is 37.3 Å². The number of halogens is 1. The van der Waals surface area contributed by atoms with Gasteiger partial charge in [-0.25, -0.2) is 5.01 Å². The van der Waals surface area contributed by atoms with Crippen molar-refractivity contribution in [3.8, 4) is 0 Å². The zero-order chi connectivity index (χ0) is 25.3. The van der Waals surface area contributed by atoms with Crippen molar-refractivity contribution >= 4 is 40.8 Å². The fourth-order valence-electron chi connectivity index (χ4n) is 3.96. The molecule has 1 aliphatic rings. The van der Waals surface area contributed by atoms with Gasteiger partial charge >= 0.3 is 0 Å². The Labute approximate surface area is 204 Å². The lowest BCUT2D eigenvalue weighted by Gasteiger charge is -2.35. The lowest BCUT2D eigenvalue weighted by Crippen LogP contribution is -2.57. The first-order valence-corrected chi connectivity index (χ1v) is 11.0. The smallest absolute Gasteiger partial charge is 0.287 e. The third-order valence-corrected chi connectivity index (χ3v) is 5.88. The summed E-state index contributed by atoms with van der Waals surface area (Å²) in [5, 5.41) is 13.2. The van der Waals surface area contributed by atoms with Gasteiger partial charge < -0.3 is 0 Å². The summed E-state index contributed by atoms with van der Waals surface area (Å²) in [4.78, 5) is 64.7. The van der Waals surface area contributed by atoms with E-state index in [1.807, 2.05) is 0 Å². The van der Waals surface area contributed by atoms with Gasteiger partial charge in [-0.15, -0.1) is 0 Å². The van der Waals surface area contributed by atoms with Crippen LogP contribution < -0.4 is 0 Å². The molecule has 35 heavy (non-hydrogen) atoms. The largest absolute Gasteiger partial charge is 0.292 e. The van der Waals surface area contributed by atoms with Crippen LogP contribution in [0.3, 0.4) is 0 Å². The lowest BCUT2D eigenvalue weighted by atomic mass is 10.0. The molecule has 0 spiro atoms. The molecular weight excluding hydrogens is 474 g/mol. The van der Waals surface area contributed by atoms with Gasteiger partial charge in [0.15, 0.2) is 5.78 Å². The van der Waals surface area contributed by atoms with Crippen LogP contribution in [-0.4, -0.2) is 44.5 Å². The van der Waals surface area contributed by atoms with Crippen molar-refractivity contribution in [1.29, 1.82) is 0 Å². The van der Waals surface area contributed by atoms with Crippen LogP contribution in [0.2, 0.25) is 5.02 Å². The molecule has 0 radical (unpaired) electrons. The molecule has 0 saturated carbocycles. The molecule has 176 valence electrons. The molecule has 0 fully saturated rings. The molecule has 3 amide bonds. The van der Waals surface area contributed by atoms with Gasteiger partial charge in [-0.05, 0) is 36.8 Å². The maximum absolute atomic E-state index is 13.7. The fourth-order valence-corrected chi connectivity index (χ4v) is 4.09. The van der Waals surface area contributed by atoms with E-state index < -0.39 is 45.7 Å². The predicted octanol–water partition coefficient (Wildman–Crippen LogP) is 4.56. The molecule has 1 heterocycles. The van der Waals surface area contributed by atoms with Crippen LogP contribution in [0.1, 0.15) is 54.8 Å². The zero-order valence-corrected chi connectivity index (χ0v) is 19.1. The number of carbonyl (C=O) groups excluding carboxylic acids is 4. The van der Waals surface area contributed by atoms with Crippen LogP contribution in [0.5, 0.6) is 0 Å². The molecule has 0 unspecified atom stereocenters. The highest BCUT2D eigenvalue weighted by Crippen LogP contribution is 2.33. The summed E-state index contributed by atoms with van der Waals surface area (Å²) < 4.78 is 0. The summed E-state index contributed by atoms with van der Waals surface area (Å²) in [6.07, 6.45) is 0.0581. The maximum atomic E-state index is 13.7. The molecule has 0 saturated heterocycles. The number of nitro benzene ring substituents is 1. The third-order valence-electron chi connectivity index (χ3n) is 5.63. The van der Waals surface area contributed by atoms with Crippen molar-refractivity contribution in [2.75, 3.05) is 0 Å². The van der Waals surface area contributed by atoms with Crippen molar-refractivity contribution in [3.05, 3.63) is 110 Å². The number of ketones is 1. The SMILES string of the molecule is CC[C@@H](C(=O)c1ccccc1)N(C(=O)c1ccc(Cl)cc1)N1C(=O)c2cccc([N+](=O)[O-])c2C1=O. The van der Waals surface area contributed by atoms with E-state index in [1.165, 1.54) is 36.4 Å². The second-order valence-electron chi connectivity index (χ2n) is 7.69. The van der Waals surface area contributed by atoms with E-state index in [0.29, 0.717) is 10.0 Å². The number of fused-ring (bicyclic) bond motifs is 1. The summed E-state index contributed by atoms with van der Waals surface area (Å²) in [5.41, 5.74) is -0.876. The number of Topliss-reactive ketones (excluding diaryl/α,β-unsaturated/α-hetero) is 1. The topological polar surface area (TPSA) is 118 Å². The first-order valence-electron chi connectivity index (χ1n) is 10.6. The Balaban J connectivity index is 1.87. The molecule has 0 aromatic heterocycles. The Morgan fingerprint density at radius 3 is 2.20 bits per heavy atom. The van der Waals surface area contributed by atoms with Gasteiger partial charge in [-0.1, -0.05) is 54.9 Å². The van der Waals surface area contributed by atoms with Crippen molar-refractivity contribution in [1.82, 2.24) is 10.0 Å². The molecule has 10 heteroatoms. The normalized spacial score (nSPS) is 13.4. The van der Waals surface area contributed by atoms with E-state index in [-0.39, 0.29) is 23.1 Å². The molecule has 0 N–H and O–H groups in total. The predicted molar refractivity (Wildman–Crippen MR) is 126 cm³/mol. The number of carbonyl (C=O) groups is 4. The first-order chi connectivity index (χ1) is 16.8. The van der Waals surface area contributed by atoms with Gasteiger partial charge in [0.25, 0.3) is 23.4 Å². The quantitative estimate of drug-likeness (QED) is 0.207. The van der Waals surface area contributed by atoms with E-state index in [0.717, 1.165) is 11.1 Å². The summed E-state index contributed by atoms with van der Waals surface area (Å²) in [5.74, 6) is -3.30. The molecule has 3 aromatic rings. The third kappa shape index (κ3) is 4.17. The van der Waals surface area contributed by atoms with Crippen LogP contribution in [0.15, 0.2) is 72.8 Å². The van der Waals surface area contributed by atoms with E-state index in [4.69, 9.17) is 11.6 Å². The average Bonchev–Trinajstić information content (AvgIpc) is 3.12. The molecular formula is C25H18ClN3O6. The molecule has 9 nitrogen and oxygen atoms in total. The average molecular weight is 492 g/mol. The van der Waals surface area contributed by atoms with Crippen molar-refractivity contribution < 1.29 is 24.1 Å². The number of imide groups is 1. The van der Waals surface area contributed by atoms with Gasteiger partial charge in [-0.3, -0.25) is 29.3 Å². The van der Waals surface area contributed by atoms with E-state index in [9.17, 15) is 29.3 Å². The number of hydrogen-bond acceptors (Lipinski definition) is 6. The second-order valence-corrected chi connectivity index (χ2v) is 8.13. The number of hydrogen-bond donors (Lipinski definition) is 0. The van der Waals surface area contributed by atoms with Crippen LogP contribution >= 0.6 is 11.6 Å². The van der Waals surface area contributed by atoms with Gasteiger partial charge in [0.2, 0.25) is 0 Å². The Hall–Kier alpha value is -4.37. The van der Waals surface area contributed by atoms with Crippen LogP contribution in [0, 0.1) is 10.1 Å². The Morgan fingerprint density at radius 1 is 0.943 bits per heavy atom. The summed E-state index contributed by atoms with van der Waals surface area (Å²) in [6.45, 7) is 1.63. The van der Waals surface area contributed by atoms with Gasteiger partial charge in [0.05, 0.1) is 10.5 Å². The number of rotatable bonds is 7. The number of hydrazine groups is 1. The van der Waals surface area contributed by atoms with Crippen LogP contribution in [0.4, 0.5) is 5.69 Å². The highest BCUT2D eigenvalue weighted by Gasteiger charge is 2.48. The minimum absolute atomic E-state index is 0.0581. The highest BCUT2D eigenvalue weighted by molar-refractivity contribution is 6.30. The van der Waals surface area contributed by atoms with Crippen molar-refractivity contribution in [2.45, 2.75) is 19.4 Å². The van der Waals surface area contributed by atoms with Gasteiger partial charge in [-0.2, -0.15) is 5.01 Å².